The molecule has 0 amide bonds. The summed E-state index contributed by atoms with van der Waals surface area (Å²) in [5, 5.41) is 1.85. The second kappa shape index (κ2) is 3.21. The van der Waals surface area contributed by atoms with Gasteiger partial charge < -0.3 is 5.43 Å². The molecule has 15 heavy (non-hydrogen) atoms. The molecule has 0 aliphatic carbocycles. The molecule has 1 aliphatic rings. The fourth-order valence-corrected chi connectivity index (χ4v) is 1.54. The Morgan fingerprint density at radius 2 is 2.13 bits per heavy atom. The van der Waals surface area contributed by atoms with Crippen LogP contribution in [0.25, 0.3) is 0 Å². The van der Waals surface area contributed by atoms with Crippen LogP contribution in [0.4, 0.5) is 17.2 Å². The molecule has 0 saturated heterocycles. The monoisotopic (exact) mass is 200 g/mol. The second-order valence-corrected chi connectivity index (χ2v) is 3.15. The lowest BCUT2D eigenvalue weighted by molar-refractivity contribution is 0.841. The fraction of sp³-hybridized carbons (Fsp3) is 0. The van der Waals surface area contributed by atoms with Crippen molar-refractivity contribution in [3.05, 3.63) is 42.9 Å². The van der Waals surface area contributed by atoms with Crippen LogP contribution in [-0.4, -0.2) is 9.97 Å². The molecule has 2 N–H and O–H groups in total. The minimum Gasteiger partial charge on any atom is -0.301 e. The predicted octanol–water partition coefficient (Wildman–Crippen LogP) is 1.57. The molecule has 5 heteroatoms. The van der Waals surface area contributed by atoms with E-state index in [9.17, 15) is 0 Å². The Morgan fingerprint density at radius 1 is 1.20 bits per heavy atom. The van der Waals surface area contributed by atoms with Crippen molar-refractivity contribution in [1.29, 1.82) is 0 Å². The van der Waals surface area contributed by atoms with Gasteiger partial charge in [0, 0.05) is 12.4 Å². The molecule has 1 aromatic heterocycles. The molecular formula is C10H10N5+. The second-order valence-electron chi connectivity index (χ2n) is 3.15. The number of rotatable bonds is 1. The molecule has 0 spiro atoms. The lowest BCUT2D eigenvalue weighted by Gasteiger charge is -2.15. The Bertz CT molecular complexity index is 476. The lowest BCUT2D eigenvalue weighted by atomic mass is 10.3. The van der Waals surface area contributed by atoms with Crippen LogP contribution in [0.3, 0.4) is 0 Å². The van der Waals surface area contributed by atoms with E-state index in [4.69, 9.17) is 0 Å². The number of fused-ring (bicyclic) bond motifs is 1. The summed E-state index contributed by atoms with van der Waals surface area (Å²) in [4.78, 5) is 8.25. The van der Waals surface area contributed by atoms with Gasteiger partial charge in [-0.3, -0.25) is 4.98 Å². The number of nitrogens with one attached hydrogen (secondary N) is 2. The van der Waals surface area contributed by atoms with Crippen molar-refractivity contribution in [2.45, 2.75) is 0 Å². The summed E-state index contributed by atoms with van der Waals surface area (Å²) >= 11 is 0. The van der Waals surface area contributed by atoms with E-state index in [1.807, 2.05) is 29.3 Å². The molecule has 0 atom stereocenters. The maximum atomic E-state index is 4.22. The number of benzene rings is 1. The van der Waals surface area contributed by atoms with Crippen molar-refractivity contribution < 1.29 is 1.43 Å². The maximum absolute atomic E-state index is 4.22. The zero-order chi connectivity index (χ0) is 10.1. The van der Waals surface area contributed by atoms with Gasteiger partial charge in [-0.05, 0) is 12.1 Å². The average Bonchev–Trinajstić information content (AvgIpc) is 2.74. The lowest BCUT2D eigenvalue weighted by Crippen LogP contribution is -2.32. The van der Waals surface area contributed by atoms with Gasteiger partial charge in [0.25, 0.3) is 0 Å². The zero-order valence-corrected chi connectivity index (χ0v) is 7.88. The molecule has 0 bridgehead atoms. The highest BCUT2D eigenvalue weighted by molar-refractivity contribution is 5.77. The SMILES string of the molecule is [H+].c1ccc2c(c1)NNN2c1cnccn1. The first kappa shape index (κ1) is 8.19. The topological polar surface area (TPSA) is 53.1 Å². The van der Waals surface area contributed by atoms with E-state index in [-0.39, 0.29) is 1.43 Å². The van der Waals surface area contributed by atoms with Gasteiger partial charge >= 0.3 is 1.43 Å². The standard InChI is InChI=1S/C10H9N5/c1-2-4-9-8(3-1)13-14-15(9)10-7-11-5-6-12-10/h1-7,13-14H/p+1. The highest BCUT2D eigenvalue weighted by atomic mass is 15.7. The zero-order valence-electron chi connectivity index (χ0n) is 8.88. The minimum absolute atomic E-state index is 0. The van der Waals surface area contributed by atoms with E-state index in [1.54, 1.807) is 18.6 Å². The summed E-state index contributed by atoms with van der Waals surface area (Å²) < 4.78 is 0. The summed E-state index contributed by atoms with van der Waals surface area (Å²) in [6.45, 7) is 0. The summed E-state index contributed by atoms with van der Waals surface area (Å²) in [6, 6.07) is 7.97. The molecule has 0 radical (unpaired) electrons. The molecule has 3 rings (SSSR count). The summed E-state index contributed by atoms with van der Waals surface area (Å²) in [7, 11) is 0. The van der Waals surface area contributed by atoms with Crippen molar-refractivity contribution in [3.63, 3.8) is 0 Å². The normalized spacial score (nSPS) is 13.5. The van der Waals surface area contributed by atoms with Gasteiger partial charge in [-0.15, -0.1) is 5.53 Å². The fourth-order valence-electron chi connectivity index (χ4n) is 1.54. The van der Waals surface area contributed by atoms with Crippen LogP contribution < -0.4 is 16.0 Å². The first-order valence-corrected chi connectivity index (χ1v) is 4.62. The number of para-hydroxylation sites is 2. The number of anilines is 3. The molecule has 74 valence electrons. The average molecular weight is 200 g/mol. The first-order chi connectivity index (χ1) is 7.45. The van der Waals surface area contributed by atoms with E-state index in [1.165, 1.54) is 0 Å². The van der Waals surface area contributed by atoms with E-state index < -0.39 is 0 Å². The van der Waals surface area contributed by atoms with Crippen LogP contribution in [0.1, 0.15) is 1.43 Å². The van der Waals surface area contributed by atoms with Crippen molar-refractivity contribution in [3.8, 4) is 0 Å². The van der Waals surface area contributed by atoms with Crippen LogP contribution in [0, 0.1) is 0 Å². The van der Waals surface area contributed by atoms with E-state index in [2.05, 4.69) is 20.9 Å². The highest BCUT2D eigenvalue weighted by Gasteiger charge is 2.19. The number of aromatic nitrogens is 2. The van der Waals surface area contributed by atoms with Gasteiger partial charge in [-0.1, -0.05) is 12.1 Å². The Hall–Kier alpha value is -2.14. The highest BCUT2D eigenvalue weighted by Crippen LogP contribution is 2.32. The van der Waals surface area contributed by atoms with Gasteiger partial charge in [0.05, 0.1) is 17.6 Å². The van der Waals surface area contributed by atoms with Crippen LogP contribution in [-0.2, 0) is 0 Å². The summed E-state index contributed by atoms with van der Waals surface area (Å²) in [5.41, 5.74) is 8.15. The molecule has 0 fully saturated rings. The van der Waals surface area contributed by atoms with E-state index in [0.717, 1.165) is 17.2 Å². The van der Waals surface area contributed by atoms with Crippen LogP contribution in [0.15, 0.2) is 42.9 Å². The van der Waals surface area contributed by atoms with Crippen LogP contribution >= 0.6 is 0 Å². The molecule has 0 unspecified atom stereocenters. The number of nitrogens with zero attached hydrogens (tertiary/aromatic N) is 3. The maximum Gasteiger partial charge on any atom is 1.00 e. The van der Waals surface area contributed by atoms with Gasteiger partial charge in [-0.2, -0.15) is 0 Å². The van der Waals surface area contributed by atoms with Gasteiger partial charge in [0.1, 0.15) is 0 Å². The van der Waals surface area contributed by atoms with Gasteiger partial charge in [0.15, 0.2) is 5.82 Å². The van der Waals surface area contributed by atoms with Crippen molar-refractivity contribution in [2.24, 2.45) is 0 Å². The number of hydrogen-bond acceptors (Lipinski definition) is 5. The van der Waals surface area contributed by atoms with Gasteiger partial charge in [0.2, 0.25) is 0 Å². The van der Waals surface area contributed by atoms with E-state index >= 15 is 0 Å². The molecule has 2 aromatic rings. The van der Waals surface area contributed by atoms with Crippen molar-refractivity contribution >= 4 is 17.2 Å². The molecule has 1 aromatic carbocycles. The Kier molecular flexibility index (Phi) is 1.76. The third-order valence-electron chi connectivity index (χ3n) is 2.23. The minimum atomic E-state index is 0. The van der Waals surface area contributed by atoms with Crippen LogP contribution in [0.5, 0.6) is 0 Å². The van der Waals surface area contributed by atoms with Gasteiger partial charge in [-0.25, -0.2) is 9.99 Å². The van der Waals surface area contributed by atoms with Crippen molar-refractivity contribution in [2.75, 3.05) is 10.4 Å². The smallest absolute Gasteiger partial charge is 0.301 e. The third kappa shape index (κ3) is 1.29. The van der Waals surface area contributed by atoms with E-state index in [0.29, 0.717) is 0 Å². The molecule has 1 aliphatic heterocycles. The third-order valence-corrected chi connectivity index (χ3v) is 2.23. The van der Waals surface area contributed by atoms with Crippen molar-refractivity contribution in [1.82, 2.24) is 15.5 Å². The molecule has 2 heterocycles. The summed E-state index contributed by atoms with van der Waals surface area (Å²) in [5.74, 6) is 0.759. The Balaban J connectivity index is 0.000000963. The Morgan fingerprint density at radius 3 is 3.00 bits per heavy atom. The first-order valence-electron chi connectivity index (χ1n) is 4.62. The number of hydrazine groups is 2. The predicted molar refractivity (Wildman–Crippen MR) is 58.5 cm³/mol. The van der Waals surface area contributed by atoms with Crippen LogP contribution in [0.2, 0.25) is 0 Å². The summed E-state index contributed by atoms with van der Waals surface area (Å²) in [6.07, 6.45) is 5.02. The number of hydrogen-bond donors (Lipinski definition) is 2. The Labute approximate surface area is 88.2 Å². The molecular weight excluding hydrogens is 190 g/mol. The molecule has 0 saturated carbocycles. The largest absolute Gasteiger partial charge is 1.00 e. The quantitative estimate of drug-likeness (QED) is 0.731. The molecule has 5 nitrogen and oxygen atoms in total.